The lowest BCUT2D eigenvalue weighted by atomic mass is 9.95. The van der Waals surface area contributed by atoms with Gasteiger partial charge in [0.15, 0.2) is 5.96 Å². The number of primary amides is 1. The highest BCUT2D eigenvalue weighted by Gasteiger charge is 2.23. The number of aryl methyl sites for hydroxylation is 1. The van der Waals surface area contributed by atoms with Gasteiger partial charge in [0.2, 0.25) is 5.91 Å². The number of hydrogen-bond donors (Lipinski definition) is 2. The fraction of sp³-hybridized carbons (Fsp3) is 0.619. The number of nitrogens with two attached hydrogens (primary N) is 1. The highest BCUT2D eigenvalue weighted by Crippen LogP contribution is 2.20. The number of halogens is 1. The monoisotopic (exact) mass is 501 g/mol. The maximum atomic E-state index is 11.3. The molecule has 1 atom stereocenters. The quantitative estimate of drug-likeness (QED) is 0.327. The molecule has 0 bridgehead atoms. The van der Waals surface area contributed by atoms with Gasteiger partial charge in [-0.25, -0.2) is 0 Å². The molecular formula is C21H36IN5O. The van der Waals surface area contributed by atoms with E-state index in [1.165, 1.54) is 11.3 Å². The average Bonchev–Trinajstić information content (AvgIpc) is 2.65. The predicted octanol–water partition coefficient (Wildman–Crippen LogP) is 2.99. The van der Waals surface area contributed by atoms with Crippen LogP contribution in [0.25, 0.3) is 0 Å². The first-order chi connectivity index (χ1) is 13.0. The van der Waals surface area contributed by atoms with E-state index >= 15 is 0 Å². The zero-order valence-corrected chi connectivity index (χ0v) is 19.8. The number of likely N-dealkylation sites (tertiary alicyclic amines) is 1. The summed E-state index contributed by atoms with van der Waals surface area (Å²) in [5.41, 5.74) is 7.96. The van der Waals surface area contributed by atoms with Crippen molar-refractivity contribution >= 4 is 41.5 Å². The first-order valence-electron chi connectivity index (χ1n) is 10.2. The fourth-order valence-corrected chi connectivity index (χ4v) is 3.78. The second-order valence-corrected chi connectivity index (χ2v) is 7.23. The summed E-state index contributed by atoms with van der Waals surface area (Å²) < 4.78 is 0. The molecule has 1 aromatic carbocycles. The van der Waals surface area contributed by atoms with Crippen LogP contribution < -0.4 is 16.0 Å². The van der Waals surface area contributed by atoms with Crippen LogP contribution in [-0.4, -0.2) is 56.0 Å². The molecule has 1 aliphatic heterocycles. The van der Waals surface area contributed by atoms with Crippen molar-refractivity contribution in [3.63, 3.8) is 0 Å². The molecule has 1 aliphatic rings. The van der Waals surface area contributed by atoms with Crippen LogP contribution in [-0.2, 0) is 4.79 Å². The minimum atomic E-state index is -0.208. The first-order valence-corrected chi connectivity index (χ1v) is 10.2. The molecule has 0 radical (unpaired) electrons. The lowest BCUT2D eigenvalue weighted by Crippen LogP contribution is -2.47. The van der Waals surface area contributed by atoms with E-state index in [-0.39, 0.29) is 29.9 Å². The lowest BCUT2D eigenvalue weighted by Gasteiger charge is -2.35. The van der Waals surface area contributed by atoms with Gasteiger partial charge >= 0.3 is 0 Å². The van der Waals surface area contributed by atoms with Gasteiger partial charge in [0, 0.05) is 44.8 Å². The van der Waals surface area contributed by atoms with Crippen LogP contribution in [0.3, 0.4) is 0 Å². The lowest BCUT2D eigenvalue weighted by molar-refractivity contribution is -0.119. The molecule has 6 nitrogen and oxygen atoms in total. The van der Waals surface area contributed by atoms with Crippen molar-refractivity contribution in [3.05, 3.63) is 29.8 Å². The summed E-state index contributed by atoms with van der Waals surface area (Å²) in [5.74, 6) is 1.08. The number of rotatable bonds is 8. The first kappa shape index (κ1) is 24.5. The van der Waals surface area contributed by atoms with Gasteiger partial charge in [-0.15, -0.1) is 24.0 Å². The second-order valence-electron chi connectivity index (χ2n) is 7.23. The van der Waals surface area contributed by atoms with E-state index in [1.54, 1.807) is 0 Å². The number of benzene rings is 1. The number of para-hydroxylation sites is 1. The Morgan fingerprint density at radius 3 is 2.75 bits per heavy atom. The number of nitrogens with zero attached hydrogens (tertiary/aromatic N) is 3. The molecular weight excluding hydrogens is 465 g/mol. The molecule has 2 rings (SSSR count). The Morgan fingerprint density at radius 2 is 2.11 bits per heavy atom. The number of guanidine groups is 1. The van der Waals surface area contributed by atoms with Crippen molar-refractivity contribution in [3.8, 4) is 0 Å². The molecule has 1 fully saturated rings. The Kier molecular flexibility index (Phi) is 11.3. The smallest absolute Gasteiger partial charge is 0.217 e. The summed E-state index contributed by atoms with van der Waals surface area (Å²) in [6.45, 7) is 11.7. The van der Waals surface area contributed by atoms with Crippen molar-refractivity contribution < 1.29 is 4.79 Å². The molecule has 1 heterocycles. The summed E-state index contributed by atoms with van der Waals surface area (Å²) in [5, 5.41) is 3.41. The van der Waals surface area contributed by atoms with Crippen LogP contribution in [0, 0.1) is 12.8 Å². The van der Waals surface area contributed by atoms with E-state index < -0.39 is 0 Å². The Hall–Kier alpha value is -1.51. The minimum Gasteiger partial charge on any atom is -0.370 e. The molecule has 158 valence electrons. The van der Waals surface area contributed by atoms with Crippen LogP contribution in [0.1, 0.15) is 38.7 Å². The largest absolute Gasteiger partial charge is 0.370 e. The zero-order chi connectivity index (χ0) is 19.6. The topological polar surface area (TPSA) is 74.0 Å². The maximum Gasteiger partial charge on any atom is 0.217 e. The van der Waals surface area contributed by atoms with Crippen molar-refractivity contribution in [2.75, 3.05) is 44.2 Å². The normalized spacial score (nSPS) is 17.0. The number of likely N-dealkylation sites (N-methyl/N-ethyl adjacent to an activating group) is 1. The number of hydrogen-bond acceptors (Lipinski definition) is 3. The van der Waals surface area contributed by atoms with Gasteiger partial charge in [-0.05, 0) is 51.2 Å². The molecule has 0 saturated carbocycles. The van der Waals surface area contributed by atoms with Gasteiger partial charge < -0.3 is 20.9 Å². The van der Waals surface area contributed by atoms with Crippen LogP contribution >= 0.6 is 24.0 Å². The van der Waals surface area contributed by atoms with E-state index in [1.807, 2.05) is 0 Å². The molecule has 1 unspecified atom stereocenters. The third-order valence-corrected chi connectivity index (χ3v) is 5.11. The number of carbonyl (C=O) groups is 1. The Bertz CT molecular complexity index is 637. The number of piperidine rings is 1. The summed E-state index contributed by atoms with van der Waals surface area (Å²) in [6.07, 6.45) is 2.61. The van der Waals surface area contributed by atoms with Crippen LogP contribution in [0.4, 0.5) is 5.69 Å². The highest BCUT2D eigenvalue weighted by atomic mass is 127. The average molecular weight is 501 g/mol. The third kappa shape index (κ3) is 7.48. The molecule has 7 heteroatoms. The Labute approximate surface area is 187 Å². The van der Waals surface area contributed by atoms with Crippen LogP contribution in [0.15, 0.2) is 29.3 Å². The number of nitrogens with one attached hydrogen (secondary N) is 1. The molecule has 1 aromatic rings. The molecule has 1 saturated heterocycles. The number of amides is 1. The Balaban J connectivity index is 0.00000392. The van der Waals surface area contributed by atoms with Crippen molar-refractivity contribution in [1.82, 2.24) is 10.2 Å². The number of aliphatic imine (C=N–C) groups is 1. The van der Waals surface area contributed by atoms with Crippen LogP contribution in [0.5, 0.6) is 0 Å². The van der Waals surface area contributed by atoms with E-state index in [9.17, 15) is 4.79 Å². The van der Waals surface area contributed by atoms with E-state index in [2.05, 4.69) is 60.2 Å². The number of anilines is 1. The summed E-state index contributed by atoms with van der Waals surface area (Å²) in [4.78, 5) is 20.8. The van der Waals surface area contributed by atoms with Crippen molar-refractivity contribution in [1.29, 1.82) is 0 Å². The fourth-order valence-electron chi connectivity index (χ4n) is 3.78. The van der Waals surface area contributed by atoms with Gasteiger partial charge in [0.05, 0.1) is 6.54 Å². The van der Waals surface area contributed by atoms with Gasteiger partial charge in [-0.1, -0.05) is 18.2 Å². The number of carbonyl (C=O) groups excluding carboxylic acids is 1. The standard InChI is InChI=1S/C21H35N5O.HI/c1-4-23-21(26-13-8-10-18(16-26)15-20(22)27)24-12-14-25(5-2)19-11-7-6-9-17(19)3;/h6-7,9,11,18H,4-5,8,10,12-16H2,1-3H3,(H2,22,27)(H,23,24);1H. The van der Waals surface area contributed by atoms with E-state index in [0.717, 1.165) is 58.1 Å². The second kappa shape index (κ2) is 12.9. The van der Waals surface area contributed by atoms with Crippen molar-refractivity contribution in [2.45, 2.75) is 40.0 Å². The third-order valence-electron chi connectivity index (χ3n) is 5.11. The Morgan fingerprint density at radius 1 is 1.36 bits per heavy atom. The van der Waals surface area contributed by atoms with E-state index in [4.69, 9.17) is 10.7 Å². The predicted molar refractivity (Wildman–Crippen MR) is 129 cm³/mol. The molecule has 3 N–H and O–H groups in total. The summed E-state index contributed by atoms with van der Waals surface area (Å²) in [6, 6.07) is 8.49. The molecule has 1 amide bonds. The molecule has 0 spiro atoms. The highest BCUT2D eigenvalue weighted by molar-refractivity contribution is 14.0. The minimum absolute atomic E-state index is 0. The SMILES string of the molecule is CCNC(=NCCN(CC)c1ccccc1C)N1CCCC(CC(N)=O)C1.I. The van der Waals surface area contributed by atoms with Crippen molar-refractivity contribution in [2.24, 2.45) is 16.6 Å². The van der Waals surface area contributed by atoms with Gasteiger partial charge in [-0.2, -0.15) is 0 Å². The van der Waals surface area contributed by atoms with E-state index in [0.29, 0.717) is 12.3 Å². The molecule has 0 aromatic heterocycles. The zero-order valence-electron chi connectivity index (χ0n) is 17.5. The molecule has 28 heavy (non-hydrogen) atoms. The van der Waals surface area contributed by atoms with Gasteiger partial charge in [0.25, 0.3) is 0 Å². The summed E-state index contributed by atoms with van der Waals surface area (Å²) >= 11 is 0. The van der Waals surface area contributed by atoms with Gasteiger partial charge in [0.1, 0.15) is 0 Å². The van der Waals surface area contributed by atoms with Crippen LogP contribution in [0.2, 0.25) is 0 Å². The summed E-state index contributed by atoms with van der Waals surface area (Å²) in [7, 11) is 0. The molecule has 0 aliphatic carbocycles. The van der Waals surface area contributed by atoms with Gasteiger partial charge in [-0.3, -0.25) is 9.79 Å². The maximum absolute atomic E-state index is 11.3.